The lowest BCUT2D eigenvalue weighted by Crippen LogP contribution is -2.24. The summed E-state index contributed by atoms with van der Waals surface area (Å²) in [5.41, 5.74) is 6.03. The highest BCUT2D eigenvalue weighted by Crippen LogP contribution is 2.14. The Kier molecular flexibility index (Phi) is 7.57. The number of rotatable bonds is 6. The molecule has 0 aliphatic carbocycles. The average molecular weight is 378 g/mol. The molecule has 0 fully saturated rings. The number of benzene rings is 2. The van der Waals surface area contributed by atoms with Crippen molar-refractivity contribution in [3.05, 3.63) is 71.8 Å². The van der Waals surface area contributed by atoms with Crippen molar-refractivity contribution in [1.29, 1.82) is 0 Å². The highest BCUT2D eigenvalue weighted by atomic mass is 28.3. The summed E-state index contributed by atoms with van der Waals surface area (Å²) in [4.78, 5) is 17.3. The van der Waals surface area contributed by atoms with Gasteiger partial charge in [-0.05, 0) is 6.92 Å². The fraction of sp³-hybridized carbons (Fsp3) is 0.304. The summed E-state index contributed by atoms with van der Waals surface area (Å²) >= 11 is 0. The van der Waals surface area contributed by atoms with Crippen LogP contribution in [0.25, 0.3) is 0 Å². The predicted octanol–water partition coefficient (Wildman–Crippen LogP) is 4.73. The van der Waals surface area contributed by atoms with Crippen LogP contribution in [-0.2, 0) is 9.53 Å². The standard InChI is InChI=1S/C23H27NO2Si/c1-5-26-23(25)21(17-12-18-27(2,3)4)24-22(19-13-8-6-9-14-19)20-15-10-7-11-16-20/h6-11,13-16,21H,5,17H2,1-4H3. The summed E-state index contributed by atoms with van der Waals surface area (Å²) in [5.74, 6) is 2.85. The van der Waals surface area contributed by atoms with E-state index in [1.807, 2.05) is 67.6 Å². The maximum atomic E-state index is 12.5. The molecule has 2 aromatic carbocycles. The van der Waals surface area contributed by atoms with Crippen LogP contribution in [0.15, 0.2) is 65.7 Å². The van der Waals surface area contributed by atoms with Gasteiger partial charge in [0.2, 0.25) is 0 Å². The van der Waals surface area contributed by atoms with Gasteiger partial charge in [0.15, 0.2) is 6.04 Å². The zero-order valence-electron chi connectivity index (χ0n) is 16.5. The monoisotopic (exact) mass is 377 g/mol. The third kappa shape index (κ3) is 6.88. The fourth-order valence-corrected chi connectivity index (χ4v) is 3.13. The Morgan fingerprint density at radius 2 is 1.52 bits per heavy atom. The van der Waals surface area contributed by atoms with E-state index in [0.717, 1.165) is 16.8 Å². The average Bonchev–Trinajstić information content (AvgIpc) is 2.65. The molecule has 1 unspecified atom stereocenters. The minimum absolute atomic E-state index is 0.327. The van der Waals surface area contributed by atoms with Crippen LogP contribution in [-0.4, -0.2) is 32.4 Å². The first-order valence-electron chi connectivity index (χ1n) is 9.26. The lowest BCUT2D eigenvalue weighted by atomic mass is 10.0. The van der Waals surface area contributed by atoms with Crippen molar-refractivity contribution in [1.82, 2.24) is 0 Å². The van der Waals surface area contributed by atoms with Gasteiger partial charge in [-0.1, -0.05) is 80.3 Å². The normalized spacial score (nSPS) is 11.7. The van der Waals surface area contributed by atoms with Crippen molar-refractivity contribution >= 4 is 19.8 Å². The van der Waals surface area contributed by atoms with Crippen LogP contribution >= 0.6 is 0 Å². The molecular weight excluding hydrogens is 350 g/mol. The molecule has 0 bridgehead atoms. The van der Waals surface area contributed by atoms with Gasteiger partial charge in [0.25, 0.3) is 0 Å². The maximum absolute atomic E-state index is 12.5. The van der Waals surface area contributed by atoms with E-state index in [-0.39, 0.29) is 5.97 Å². The molecule has 0 N–H and O–H groups in total. The van der Waals surface area contributed by atoms with Gasteiger partial charge >= 0.3 is 5.97 Å². The zero-order valence-corrected chi connectivity index (χ0v) is 17.5. The van der Waals surface area contributed by atoms with Gasteiger partial charge in [-0.15, -0.1) is 11.5 Å². The molecule has 0 aromatic heterocycles. The van der Waals surface area contributed by atoms with Crippen LogP contribution in [0.1, 0.15) is 24.5 Å². The number of ether oxygens (including phenoxy) is 1. The van der Waals surface area contributed by atoms with E-state index in [0.29, 0.717) is 13.0 Å². The molecule has 0 saturated carbocycles. The van der Waals surface area contributed by atoms with Gasteiger partial charge in [0, 0.05) is 17.5 Å². The highest BCUT2D eigenvalue weighted by Gasteiger charge is 2.20. The number of nitrogens with zero attached hydrogens (tertiary/aromatic N) is 1. The number of hydrogen-bond donors (Lipinski definition) is 0. The van der Waals surface area contributed by atoms with E-state index in [9.17, 15) is 4.79 Å². The third-order valence-electron chi connectivity index (χ3n) is 3.70. The molecule has 0 heterocycles. The largest absolute Gasteiger partial charge is 0.464 e. The Hall–Kier alpha value is -2.64. The van der Waals surface area contributed by atoms with E-state index in [4.69, 9.17) is 9.73 Å². The van der Waals surface area contributed by atoms with Gasteiger partial charge in [0.1, 0.15) is 8.07 Å². The highest BCUT2D eigenvalue weighted by molar-refractivity contribution is 6.83. The van der Waals surface area contributed by atoms with Crippen molar-refractivity contribution in [3.8, 4) is 11.5 Å². The zero-order chi connectivity index (χ0) is 19.7. The van der Waals surface area contributed by atoms with Crippen LogP contribution in [0.3, 0.4) is 0 Å². The molecule has 0 spiro atoms. The first kappa shape index (κ1) is 20.7. The Bertz CT molecular complexity index is 786. The minimum Gasteiger partial charge on any atom is -0.464 e. The van der Waals surface area contributed by atoms with Crippen molar-refractivity contribution in [2.45, 2.75) is 39.0 Å². The predicted molar refractivity (Wildman–Crippen MR) is 115 cm³/mol. The van der Waals surface area contributed by atoms with Gasteiger partial charge in [-0.2, -0.15) is 0 Å². The second-order valence-corrected chi connectivity index (χ2v) is 12.0. The lowest BCUT2D eigenvalue weighted by Gasteiger charge is -2.13. The molecule has 0 aliphatic heterocycles. The van der Waals surface area contributed by atoms with Crippen LogP contribution < -0.4 is 0 Å². The van der Waals surface area contributed by atoms with Crippen LogP contribution in [0.2, 0.25) is 19.6 Å². The Morgan fingerprint density at radius 1 is 1.00 bits per heavy atom. The molecule has 4 heteroatoms. The minimum atomic E-state index is -1.51. The summed E-state index contributed by atoms with van der Waals surface area (Å²) in [5, 5.41) is 0. The molecule has 0 aliphatic rings. The van der Waals surface area contributed by atoms with Crippen molar-refractivity contribution in [2.75, 3.05) is 6.61 Å². The van der Waals surface area contributed by atoms with Crippen molar-refractivity contribution in [3.63, 3.8) is 0 Å². The smallest absolute Gasteiger partial charge is 0.331 e. The molecular formula is C23H27NO2Si. The number of esters is 1. The topological polar surface area (TPSA) is 38.7 Å². The Balaban J connectivity index is 2.46. The molecule has 2 aromatic rings. The molecule has 3 nitrogen and oxygen atoms in total. The number of aliphatic imine (C=N–C) groups is 1. The van der Waals surface area contributed by atoms with Crippen molar-refractivity contribution < 1.29 is 9.53 Å². The molecule has 0 radical (unpaired) electrons. The second kappa shape index (κ2) is 9.89. The number of carbonyl (C=O) groups excluding carboxylic acids is 1. The van der Waals surface area contributed by atoms with E-state index < -0.39 is 14.1 Å². The van der Waals surface area contributed by atoms with Gasteiger partial charge in [-0.25, -0.2) is 4.79 Å². The molecule has 0 amide bonds. The van der Waals surface area contributed by atoms with Crippen LogP contribution in [0, 0.1) is 11.5 Å². The second-order valence-electron chi connectivity index (χ2n) is 7.23. The molecule has 140 valence electrons. The summed E-state index contributed by atoms with van der Waals surface area (Å²) in [6.45, 7) is 8.69. The quantitative estimate of drug-likeness (QED) is 0.316. The van der Waals surface area contributed by atoms with Gasteiger partial charge < -0.3 is 4.74 Å². The fourth-order valence-electron chi connectivity index (χ4n) is 2.50. The first-order chi connectivity index (χ1) is 12.9. The lowest BCUT2D eigenvalue weighted by molar-refractivity contribution is -0.144. The van der Waals surface area contributed by atoms with Crippen molar-refractivity contribution in [2.24, 2.45) is 4.99 Å². The molecule has 0 saturated heterocycles. The van der Waals surface area contributed by atoms with Gasteiger partial charge in [0.05, 0.1) is 12.3 Å². The third-order valence-corrected chi connectivity index (χ3v) is 4.62. The van der Waals surface area contributed by atoms with Crippen LogP contribution in [0.5, 0.6) is 0 Å². The Morgan fingerprint density at radius 3 is 1.96 bits per heavy atom. The number of carbonyl (C=O) groups is 1. The van der Waals surface area contributed by atoms with Gasteiger partial charge in [-0.3, -0.25) is 4.99 Å². The molecule has 1 atom stereocenters. The van der Waals surface area contributed by atoms with E-state index in [1.165, 1.54) is 0 Å². The summed E-state index contributed by atoms with van der Waals surface area (Å²) in [6.07, 6.45) is 0.367. The van der Waals surface area contributed by atoms with Crippen LogP contribution in [0.4, 0.5) is 0 Å². The Labute approximate surface area is 163 Å². The number of hydrogen-bond acceptors (Lipinski definition) is 3. The van der Waals surface area contributed by atoms with E-state index in [2.05, 4.69) is 31.1 Å². The summed E-state index contributed by atoms with van der Waals surface area (Å²) < 4.78 is 5.26. The molecule has 2 rings (SSSR count). The SMILES string of the molecule is CCOC(=O)C(CC#C[Si](C)(C)C)N=C(c1ccccc1)c1ccccc1. The maximum Gasteiger partial charge on any atom is 0.331 e. The summed E-state index contributed by atoms with van der Waals surface area (Å²) in [6, 6.07) is 19.2. The first-order valence-corrected chi connectivity index (χ1v) is 12.8. The summed E-state index contributed by atoms with van der Waals surface area (Å²) in [7, 11) is -1.51. The molecule has 27 heavy (non-hydrogen) atoms. The van der Waals surface area contributed by atoms with E-state index >= 15 is 0 Å². The van der Waals surface area contributed by atoms with E-state index in [1.54, 1.807) is 0 Å².